The molecule has 0 radical (unpaired) electrons. The maximum absolute atomic E-state index is 12.7. The minimum Gasteiger partial charge on any atom is -0.461 e. The van der Waals surface area contributed by atoms with Crippen LogP contribution in [0.25, 0.3) is 27.4 Å². The second-order valence-corrected chi connectivity index (χ2v) is 6.34. The third-order valence-electron chi connectivity index (χ3n) is 3.91. The molecule has 0 saturated heterocycles. The molecule has 4 rings (SSSR count). The number of hydrogen-bond acceptors (Lipinski definition) is 5. The van der Waals surface area contributed by atoms with Crippen LogP contribution in [0.2, 0.25) is 0 Å². The highest BCUT2D eigenvalue weighted by atomic mass is 32.1. The van der Waals surface area contributed by atoms with Crippen molar-refractivity contribution < 1.29 is 4.42 Å². The molecule has 4 aromatic heterocycles. The van der Waals surface area contributed by atoms with Gasteiger partial charge in [0.05, 0.1) is 11.6 Å². The Kier molecular flexibility index (Phi) is 2.74. The van der Waals surface area contributed by atoms with Crippen molar-refractivity contribution in [2.45, 2.75) is 27.3 Å². The number of aryl methyl sites for hydroxylation is 3. The summed E-state index contributed by atoms with van der Waals surface area (Å²) in [4.78, 5) is 19.4. The van der Waals surface area contributed by atoms with Gasteiger partial charge in [0.1, 0.15) is 4.83 Å². The van der Waals surface area contributed by atoms with Crippen molar-refractivity contribution in [3.8, 4) is 11.6 Å². The Morgan fingerprint density at radius 1 is 1.36 bits per heavy atom. The van der Waals surface area contributed by atoms with E-state index in [4.69, 9.17) is 4.42 Å². The van der Waals surface area contributed by atoms with Gasteiger partial charge >= 0.3 is 5.69 Å². The molecule has 22 heavy (non-hydrogen) atoms. The number of nitrogens with zero attached hydrogens (tertiary/aromatic N) is 4. The summed E-state index contributed by atoms with van der Waals surface area (Å²) >= 11 is 1.62. The van der Waals surface area contributed by atoms with Gasteiger partial charge in [0.2, 0.25) is 5.82 Å². The molecular weight excluding hydrogens is 300 g/mol. The van der Waals surface area contributed by atoms with Gasteiger partial charge in [-0.05, 0) is 38.5 Å². The minimum absolute atomic E-state index is 0.170. The summed E-state index contributed by atoms with van der Waals surface area (Å²) in [7, 11) is 0. The molecule has 0 saturated carbocycles. The van der Waals surface area contributed by atoms with Crippen LogP contribution in [0.15, 0.2) is 27.6 Å². The molecule has 0 unspecified atom stereocenters. The predicted molar refractivity (Wildman–Crippen MR) is 85.5 cm³/mol. The Balaban J connectivity index is 2.21. The van der Waals surface area contributed by atoms with Gasteiger partial charge in [-0.15, -0.1) is 16.4 Å². The van der Waals surface area contributed by atoms with Crippen molar-refractivity contribution in [2.24, 2.45) is 0 Å². The minimum atomic E-state index is -0.170. The molecule has 6 nitrogen and oxygen atoms in total. The highest BCUT2D eigenvalue weighted by molar-refractivity contribution is 7.19. The van der Waals surface area contributed by atoms with Crippen LogP contribution in [0.4, 0.5) is 0 Å². The van der Waals surface area contributed by atoms with E-state index in [1.807, 2.05) is 6.92 Å². The van der Waals surface area contributed by atoms with Gasteiger partial charge in [-0.1, -0.05) is 0 Å². The summed E-state index contributed by atoms with van der Waals surface area (Å²) < 4.78 is 8.47. The summed E-state index contributed by atoms with van der Waals surface area (Å²) in [5.74, 6) is 0.990. The molecular formula is C15H14N4O2S. The third-order valence-corrected chi connectivity index (χ3v) is 5.14. The lowest BCUT2D eigenvalue weighted by Crippen LogP contribution is -2.26. The van der Waals surface area contributed by atoms with E-state index >= 15 is 0 Å². The van der Waals surface area contributed by atoms with E-state index in [0.717, 1.165) is 15.8 Å². The fourth-order valence-corrected chi connectivity index (χ4v) is 3.87. The summed E-state index contributed by atoms with van der Waals surface area (Å²) in [6.45, 7) is 6.67. The normalized spacial score (nSPS) is 11.8. The van der Waals surface area contributed by atoms with Crippen molar-refractivity contribution in [1.82, 2.24) is 19.2 Å². The van der Waals surface area contributed by atoms with E-state index in [9.17, 15) is 4.79 Å². The van der Waals surface area contributed by atoms with Crippen molar-refractivity contribution in [3.05, 3.63) is 39.3 Å². The molecule has 0 aromatic carbocycles. The van der Waals surface area contributed by atoms with Gasteiger partial charge in [-0.2, -0.15) is 4.52 Å². The highest BCUT2D eigenvalue weighted by Crippen LogP contribution is 2.32. The summed E-state index contributed by atoms with van der Waals surface area (Å²) in [6.07, 6.45) is 1.57. The number of hydrogen-bond donors (Lipinski definition) is 0. The van der Waals surface area contributed by atoms with Gasteiger partial charge in [0.15, 0.2) is 11.4 Å². The Hall–Kier alpha value is -2.41. The Morgan fingerprint density at radius 2 is 2.18 bits per heavy atom. The zero-order valence-corrected chi connectivity index (χ0v) is 13.3. The van der Waals surface area contributed by atoms with Crippen molar-refractivity contribution in [3.63, 3.8) is 0 Å². The molecule has 0 atom stereocenters. The third kappa shape index (κ3) is 1.62. The zero-order chi connectivity index (χ0) is 15.4. The van der Waals surface area contributed by atoms with E-state index in [1.165, 1.54) is 9.39 Å². The first-order valence-electron chi connectivity index (χ1n) is 7.05. The van der Waals surface area contributed by atoms with Crippen molar-refractivity contribution in [2.75, 3.05) is 0 Å². The number of rotatable bonds is 2. The van der Waals surface area contributed by atoms with Crippen LogP contribution in [0.1, 0.15) is 17.4 Å². The van der Waals surface area contributed by atoms with Crippen molar-refractivity contribution in [1.29, 1.82) is 0 Å². The molecule has 4 heterocycles. The summed E-state index contributed by atoms with van der Waals surface area (Å²) in [5, 5.41) is 5.34. The topological polar surface area (TPSA) is 65.3 Å². The molecule has 0 spiro atoms. The van der Waals surface area contributed by atoms with Gasteiger partial charge < -0.3 is 4.42 Å². The van der Waals surface area contributed by atoms with Crippen LogP contribution in [0.3, 0.4) is 0 Å². The molecule has 0 bridgehead atoms. The lowest BCUT2D eigenvalue weighted by Gasteiger charge is -2.04. The number of fused-ring (bicyclic) bond motifs is 3. The van der Waals surface area contributed by atoms with E-state index in [2.05, 4.69) is 23.9 Å². The maximum Gasteiger partial charge on any atom is 0.351 e. The van der Waals surface area contributed by atoms with E-state index in [-0.39, 0.29) is 5.69 Å². The Labute approximate surface area is 129 Å². The van der Waals surface area contributed by atoms with Crippen LogP contribution in [-0.4, -0.2) is 19.2 Å². The molecule has 7 heteroatoms. The number of furan rings is 1. The predicted octanol–water partition coefficient (Wildman–Crippen LogP) is 3.00. The molecule has 112 valence electrons. The monoisotopic (exact) mass is 314 g/mol. The fraction of sp³-hybridized carbons (Fsp3) is 0.267. The van der Waals surface area contributed by atoms with E-state index in [1.54, 1.807) is 34.3 Å². The summed E-state index contributed by atoms with van der Waals surface area (Å²) in [5.41, 5.74) is 1.57. The Morgan fingerprint density at radius 3 is 2.86 bits per heavy atom. The SMILES string of the molecule is CCn1c(=O)n2nc(-c3ccco3)nc2c2c(C)c(C)sc21. The number of thiophene rings is 1. The van der Waals surface area contributed by atoms with E-state index < -0.39 is 0 Å². The van der Waals surface area contributed by atoms with Crippen LogP contribution in [0.5, 0.6) is 0 Å². The standard InChI is InChI=1S/C15H14N4O2S/c1-4-18-14-11(8(2)9(3)22-14)13-16-12(10-6-5-7-21-10)17-19(13)15(18)20/h5-7H,4H2,1-3H3. The molecule has 0 N–H and O–H groups in total. The van der Waals surface area contributed by atoms with Crippen LogP contribution < -0.4 is 5.69 Å². The molecule has 0 aliphatic rings. The molecule has 0 aliphatic heterocycles. The van der Waals surface area contributed by atoms with Gasteiger partial charge in [0.25, 0.3) is 0 Å². The van der Waals surface area contributed by atoms with Crippen LogP contribution in [-0.2, 0) is 6.54 Å². The first-order valence-corrected chi connectivity index (χ1v) is 7.86. The smallest absolute Gasteiger partial charge is 0.351 e. The highest BCUT2D eigenvalue weighted by Gasteiger charge is 2.20. The van der Waals surface area contributed by atoms with Gasteiger partial charge in [0, 0.05) is 11.4 Å². The molecule has 0 fully saturated rings. The van der Waals surface area contributed by atoms with Gasteiger partial charge in [-0.3, -0.25) is 4.57 Å². The van der Waals surface area contributed by atoms with Gasteiger partial charge in [-0.25, -0.2) is 9.78 Å². The first kappa shape index (κ1) is 13.3. The summed E-state index contributed by atoms with van der Waals surface area (Å²) in [6, 6.07) is 3.57. The van der Waals surface area contributed by atoms with Crippen molar-refractivity contribution >= 4 is 27.2 Å². The molecule has 4 aromatic rings. The van der Waals surface area contributed by atoms with E-state index in [0.29, 0.717) is 23.8 Å². The number of aromatic nitrogens is 4. The largest absolute Gasteiger partial charge is 0.461 e. The average Bonchev–Trinajstić information content (AvgIpc) is 3.20. The second-order valence-electron chi connectivity index (χ2n) is 5.14. The lowest BCUT2D eigenvalue weighted by molar-refractivity contribution is 0.576. The molecule has 0 amide bonds. The average molecular weight is 314 g/mol. The molecule has 0 aliphatic carbocycles. The van der Waals surface area contributed by atoms with Crippen LogP contribution in [0, 0.1) is 13.8 Å². The lowest BCUT2D eigenvalue weighted by atomic mass is 10.2. The fourth-order valence-electron chi connectivity index (χ4n) is 2.66. The Bertz CT molecular complexity index is 1050. The second kappa shape index (κ2) is 4.54. The van der Waals surface area contributed by atoms with Crippen LogP contribution >= 0.6 is 11.3 Å². The quantitative estimate of drug-likeness (QED) is 0.570. The first-order chi connectivity index (χ1) is 10.6. The maximum atomic E-state index is 12.7. The zero-order valence-electron chi connectivity index (χ0n) is 12.5.